The number of nitrogens with one attached hydrogen (secondary N) is 1. The average molecular weight is 341 g/mol. The van der Waals surface area contributed by atoms with Crippen LogP contribution in [0, 0.1) is 0 Å². The molecular formula is C17H15N3O3S. The van der Waals surface area contributed by atoms with Crippen molar-refractivity contribution in [3.05, 3.63) is 75.7 Å². The topological polar surface area (TPSA) is 73.2 Å². The maximum atomic E-state index is 12.2. The molecule has 0 atom stereocenters. The summed E-state index contributed by atoms with van der Waals surface area (Å²) in [7, 11) is 1.69. The molecular weight excluding hydrogens is 326 g/mol. The quantitative estimate of drug-likeness (QED) is 0.774. The fourth-order valence-electron chi connectivity index (χ4n) is 2.12. The molecule has 24 heavy (non-hydrogen) atoms. The van der Waals surface area contributed by atoms with Crippen LogP contribution in [-0.2, 0) is 13.7 Å². The van der Waals surface area contributed by atoms with Crippen LogP contribution >= 0.6 is 11.3 Å². The van der Waals surface area contributed by atoms with Crippen LogP contribution in [0.3, 0.4) is 0 Å². The van der Waals surface area contributed by atoms with Gasteiger partial charge in [-0.1, -0.05) is 30.3 Å². The van der Waals surface area contributed by atoms with Gasteiger partial charge in [-0.15, -0.1) is 11.3 Å². The predicted octanol–water partition coefficient (Wildman–Crippen LogP) is 2.67. The number of hydrogen-bond acceptors (Lipinski definition) is 5. The zero-order valence-corrected chi connectivity index (χ0v) is 13.7. The Hall–Kier alpha value is -2.93. The summed E-state index contributed by atoms with van der Waals surface area (Å²) in [4.78, 5) is 28.4. The molecule has 0 radical (unpaired) electrons. The average Bonchev–Trinajstić information content (AvgIpc) is 3.09. The van der Waals surface area contributed by atoms with Gasteiger partial charge in [0.1, 0.15) is 12.3 Å². The van der Waals surface area contributed by atoms with Crippen LogP contribution in [0.4, 0.5) is 5.13 Å². The van der Waals surface area contributed by atoms with E-state index in [9.17, 15) is 9.59 Å². The lowest BCUT2D eigenvalue weighted by atomic mass is 10.2. The first-order valence-electron chi connectivity index (χ1n) is 7.22. The number of hydrogen-bond donors (Lipinski definition) is 1. The first-order chi connectivity index (χ1) is 11.6. The van der Waals surface area contributed by atoms with E-state index in [1.54, 1.807) is 23.2 Å². The molecule has 0 aliphatic carbocycles. The van der Waals surface area contributed by atoms with E-state index in [1.165, 1.54) is 23.6 Å². The van der Waals surface area contributed by atoms with E-state index in [4.69, 9.17) is 4.74 Å². The van der Waals surface area contributed by atoms with Crippen molar-refractivity contribution in [2.24, 2.45) is 7.05 Å². The van der Waals surface area contributed by atoms with Crippen molar-refractivity contribution >= 4 is 22.4 Å². The zero-order valence-electron chi connectivity index (χ0n) is 12.9. The summed E-state index contributed by atoms with van der Waals surface area (Å²) in [6, 6.07) is 10.8. The van der Waals surface area contributed by atoms with Gasteiger partial charge < -0.3 is 9.30 Å². The predicted molar refractivity (Wildman–Crippen MR) is 92.5 cm³/mol. The number of aryl methyl sites for hydroxylation is 1. The van der Waals surface area contributed by atoms with Crippen molar-refractivity contribution in [3.8, 4) is 5.75 Å². The molecule has 0 saturated heterocycles. The molecule has 7 heteroatoms. The van der Waals surface area contributed by atoms with Gasteiger partial charge in [0.15, 0.2) is 10.9 Å². The third kappa shape index (κ3) is 3.69. The maximum Gasteiger partial charge on any atom is 0.274 e. The number of carbonyl (C=O) groups is 1. The van der Waals surface area contributed by atoms with Gasteiger partial charge in [0.05, 0.1) is 6.20 Å². The highest BCUT2D eigenvalue weighted by molar-refractivity contribution is 7.13. The smallest absolute Gasteiger partial charge is 0.274 e. The van der Waals surface area contributed by atoms with Crippen molar-refractivity contribution in [3.63, 3.8) is 0 Å². The van der Waals surface area contributed by atoms with Crippen LogP contribution in [0.5, 0.6) is 5.75 Å². The largest absolute Gasteiger partial charge is 0.483 e. The molecule has 0 aliphatic heterocycles. The molecule has 0 spiro atoms. The summed E-state index contributed by atoms with van der Waals surface area (Å²) in [5.41, 5.74) is 0.862. The Morgan fingerprint density at radius 2 is 2.12 bits per heavy atom. The van der Waals surface area contributed by atoms with Gasteiger partial charge in [-0.2, -0.15) is 0 Å². The number of benzene rings is 1. The Kier molecular flexibility index (Phi) is 4.72. The Balaban J connectivity index is 1.76. The van der Waals surface area contributed by atoms with Gasteiger partial charge >= 0.3 is 0 Å². The highest BCUT2D eigenvalue weighted by atomic mass is 32.1. The van der Waals surface area contributed by atoms with Gasteiger partial charge in [-0.3, -0.25) is 14.9 Å². The summed E-state index contributed by atoms with van der Waals surface area (Å²) in [5.74, 6) is -0.189. The number of aromatic nitrogens is 2. The van der Waals surface area contributed by atoms with Gasteiger partial charge in [-0.25, -0.2) is 4.98 Å². The van der Waals surface area contributed by atoms with E-state index < -0.39 is 0 Å². The van der Waals surface area contributed by atoms with E-state index >= 15 is 0 Å². The zero-order chi connectivity index (χ0) is 16.9. The number of anilines is 1. The van der Waals surface area contributed by atoms with Gasteiger partial charge in [0.25, 0.3) is 5.91 Å². The van der Waals surface area contributed by atoms with E-state index in [2.05, 4.69) is 10.3 Å². The fraction of sp³-hybridized carbons (Fsp3) is 0.118. The summed E-state index contributed by atoms with van der Waals surface area (Å²) in [6.07, 6.45) is 3.11. The Bertz CT molecular complexity index is 889. The highest BCUT2D eigenvalue weighted by Crippen LogP contribution is 2.13. The SMILES string of the molecule is Cn1cc(OCc2ccccc2)c(=O)cc1C(=O)Nc1nccs1. The number of nitrogens with zero attached hydrogens (tertiary/aromatic N) is 2. The molecule has 3 aromatic rings. The monoisotopic (exact) mass is 341 g/mol. The Labute approximate surface area is 142 Å². The Morgan fingerprint density at radius 1 is 1.33 bits per heavy atom. The molecule has 1 N–H and O–H groups in total. The van der Waals surface area contributed by atoms with Crippen molar-refractivity contribution in [2.75, 3.05) is 5.32 Å². The van der Waals surface area contributed by atoms with Crippen LogP contribution in [0.1, 0.15) is 16.1 Å². The summed E-state index contributed by atoms with van der Waals surface area (Å²) >= 11 is 1.31. The standard InChI is InChI=1S/C17H15N3O3S/c1-20-10-15(23-11-12-5-3-2-4-6-12)14(21)9-13(20)16(22)19-17-18-7-8-24-17/h2-10H,11H2,1H3,(H,18,19,22). The van der Waals surface area contributed by atoms with Crippen molar-refractivity contribution in [1.82, 2.24) is 9.55 Å². The molecule has 0 fully saturated rings. The molecule has 1 aromatic carbocycles. The van der Waals surface area contributed by atoms with Crippen molar-refractivity contribution < 1.29 is 9.53 Å². The highest BCUT2D eigenvalue weighted by Gasteiger charge is 2.14. The van der Waals surface area contributed by atoms with Crippen LogP contribution in [0.15, 0.2) is 59.0 Å². The van der Waals surface area contributed by atoms with Crippen molar-refractivity contribution in [2.45, 2.75) is 6.61 Å². The minimum atomic E-state index is -0.390. The second kappa shape index (κ2) is 7.10. The molecule has 1 amide bonds. The number of thiazole rings is 1. The first kappa shape index (κ1) is 15.9. The van der Waals surface area contributed by atoms with E-state index in [1.807, 2.05) is 30.3 Å². The molecule has 2 aromatic heterocycles. The van der Waals surface area contributed by atoms with E-state index in [-0.39, 0.29) is 22.8 Å². The van der Waals surface area contributed by atoms with Gasteiger partial charge in [0, 0.05) is 24.7 Å². The second-order valence-electron chi connectivity index (χ2n) is 5.06. The molecule has 0 aliphatic rings. The van der Waals surface area contributed by atoms with Crippen LogP contribution < -0.4 is 15.5 Å². The van der Waals surface area contributed by atoms with Crippen LogP contribution in [-0.4, -0.2) is 15.5 Å². The minimum absolute atomic E-state index is 0.201. The number of ether oxygens (including phenoxy) is 1. The number of pyridine rings is 1. The summed E-state index contributed by atoms with van der Waals surface area (Å²) in [5, 5.41) is 4.89. The third-order valence-corrected chi connectivity index (χ3v) is 4.01. The number of amides is 1. The third-order valence-electron chi connectivity index (χ3n) is 3.32. The van der Waals surface area contributed by atoms with Crippen LogP contribution in [0.2, 0.25) is 0 Å². The van der Waals surface area contributed by atoms with Crippen molar-refractivity contribution in [1.29, 1.82) is 0 Å². The Morgan fingerprint density at radius 3 is 2.83 bits per heavy atom. The normalized spacial score (nSPS) is 10.4. The summed E-state index contributed by atoms with van der Waals surface area (Å²) in [6.45, 7) is 0.292. The molecule has 122 valence electrons. The molecule has 3 rings (SSSR count). The van der Waals surface area contributed by atoms with Gasteiger partial charge in [-0.05, 0) is 5.56 Å². The molecule has 0 bridgehead atoms. The van der Waals surface area contributed by atoms with E-state index in [0.29, 0.717) is 11.7 Å². The lowest BCUT2D eigenvalue weighted by Crippen LogP contribution is -2.21. The molecule has 0 saturated carbocycles. The van der Waals surface area contributed by atoms with E-state index in [0.717, 1.165) is 5.56 Å². The molecule has 0 unspecified atom stereocenters. The number of carbonyl (C=O) groups excluding carboxylic acids is 1. The first-order valence-corrected chi connectivity index (χ1v) is 8.09. The van der Waals surface area contributed by atoms with Crippen LogP contribution in [0.25, 0.3) is 0 Å². The van der Waals surface area contributed by atoms with Gasteiger partial charge in [0.2, 0.25) is 5.43 Å². The maximum absolute atomic E-state index is 12.2. The molecule has 2 heterocycles. The fourth-order valence-corrected chi connectivity index (χ4v) is 2.65. The summed E-state index contributed by atoms with van der Waals surface area (Å²) < 4.78 is 7.13. The number of rotatable bonds is 5. The minimum Gasteiger partial charge on any atom is -0.483 e. The lowest BCUT2D eigenvalue weighted by Gasteiger charge is -2.11. The molecule has 6 nitrogen and oxygen atoms in total. The second-order valence-corrected chi connectivity index (χ2v) is 5.96. The lowest BCUT2D eigenvalue weighted by molar-refractivity contribution is 0.101.